The van der Waals surface area contributed by atoms with Crippen molar-refractivity contribution in [3.05, 3.63) is 53.9 Å². The molecule has 0 radical (unpaired) electrons. The van der Waals surface area contributed by atoms with Gasteiger partial charge in [-0.1, -0.05) is 12.1 Å². The van der Waals surface area contributed by atoms with Crippen LogP contribution in [0.3, 0.4) is 0 Å². The molecule has 3 aromatic rings. The fraction of sp³-hybridized carbons (Fsp3) is 0.150. The number of rotatable bonds is 6. The molecule has 0 bridgehead atoms. The fourth-order valence-corrected chi connectivity index (χ4v) is 2.54. The average Bonchev–Trinajstić information content (AvgIpc) is 3.14. The van der Waals surface area contributed by atoms with E-state index in [-0.39, 0.29) is 17.1 Å². The smallest absolute Gasteiger partial charge is 0.340 e. The molecule has 2 aromatic carbocycles. The first-order chi connectivity index (χ1) is 13.5. The van der Waals surface area contributed by atoms with Crippen LogP contribution in [-0.4, -0.2) is 38.2 Å². The molecular weight excluding hydrogens is 364 g/mol. The highest BCUT2D eigenvalue weighted by Crippen LogP contribution is 2.33. The summed E-state index contributed by atoms with van der Waals surface area (Å²) < 4.78 is 20.7. The number of nitrogens with zero attached hydrogens (tertiary/aromatic N) is 1. The largest absolute Gasteiger partial charge is 0.493 e. The highest BCUT2D eigenvalue weighted by atomic mass is 16.5. The van der Waals surface area contributed by atoms with Gasteiger partial charge in [0.05, 0.1) is 32.6 Å². The van der Waals surface area contributed by atoms with E-state index >= 15 is 0 Å². The van der Waals surface area contributed by atoms with Crippen LogP contribution in [0.2, 0.25) is 0 Å². The summed E-state index contributed by atoms with van der Waals surface area (Å²) in [5, 5.41) is 2.62. The normalized spacial score (nSPS) is 10.8. The molecule has 144 valence electrons. The minimum absolute atomic E-state index is 0.128. The first-order valence-corrected chi connectivity index (χ1v) is 8.24. The number of carbonyl (C=O) groups excluding carboxylic acids is 2. The summed E-state index contributed by atoms with van der Waals surface area (Å²) >= 11 is 0. The Kier molecular flexibility index (Phi) is 5.59. The molecule has 0 aliphatic carbocycles. The molecule has 0 saturated carbocycles. The van der Waals surface area contributed by atoms with Crippen LogP contribution in [0.25, 0.3) is 17.2 Å². The van der Waals surface area contributed by atoms with E-state index in [4.69, 9.17) is 18.6 Å². The van der Waals surface area contributed by atoms with Crippen molar-refractivity contribution in [3.63, 3.8) is 0 Å². The molecule has 3 rings (SSSR count). The number of fused-ring (bicyclic) bond motifs is 1. The molecule has 1 amide bonds. The number of aromatic nitrogens is 1. The molecule has 8 heteroatoms. The number of anilines is 1. The summed E-state index contributed by atoms with van der Waals surface area (Å²) in [6.45, 7) is 0. The first-order valence-electron chi connectivity index (χ1n) is 8.24. The second kappa shape index (κ2) is 8.26. The van der Waals surface area contributed by atoms with Crippen LogP contribution in [0, 0.1) is 0 Å². The molecule has 1 N–H and O–H groups in total. The van der Waals surface area contributed by atoms with Crippen LogP contribution in [-0.2, 0) is 9.53 Å². The number of amides is 1. The Balaban J connectivity index is 1.84. The fourth-order valence-electron chi connectivity index (χ4n) is 2.54. The number of ether oxygens (including phenoxy) is 3. The van der Waals surface area contributed by atoms with Crippen LogP contribution >= 0.6 is 0 Å². The summed E-state index contributed by atoms with van der Waals surface area (Å²) in [4.78, 5) is 28.6. The van der Waals surface area contributed by atoms with Crippen molar-refractivity contribution in [1.29, 1.82) is 0 Å². The van der Waals surface area contributed by atoms with Gasteiger partial charge in [-0.05, 0) is 12.1 Å². The van der Waals surface area contributed by atoms with E-state index in [1.807, 2.05) is 18.2 Å². The van der Waals surface area contributed by atoms with Gasteiger partial charge < -0.3 is 23.9 Å². The Bertz CT molecular complexity index is 1020. The van der Waals surface area contributed by atoms with Crippen molar-refractivity contribution < 1.29 is 28.2 Å². The lowest BCUT2D eigenvalue weighted by Gasteiger charge is -2.13. The SMILES string of the molecule is COC(=O)c1cc(OC)c(OC)cc1NC(=O)C=Cc1nc2ccccc2o1. The van der Waals surface area contributed by atoms with Gasteiger partial charge in [-0.15, -0.1) is 0 Å². The zero-order valence-corrected chi connectivity index (χ0v) is 15.5. The van der Waals surface area contributed by atoms with E-state index in [1.54, 1.807) is 6.07 Å². The van der Waals surface area contributed by atoms with Crippen LogP contribution in [0.4, 0.5) is 5.69 Å². The van der Waals surface area contributed by atoms with Gasteiger partial charge in [0, 0.05) is 24.3 Å². The van der Waals surface area contributed by atoms with Crippen molar-refractivity contribution >= 4 is 34.7 Å². The summed E-state index contributed by atoms with van der Waals surface area (Å²) in [6, 6.07) is 10.2. The summed E-state index contributed by atoms with van der Waals surface area (Å²) in [5.41, 5.74) is 1.66. The predicted octanol–water partition coefficient (Wildman–Crippen LogP) is 3.28. The lowest BCUT2D eigenvalue weighted by Crippen LogP contribution is -2.13. The summed E-state index contributed by atoms with van der Waals surface area (Å²) in [6.07, 6.45) is 2.69. The zero-order chi connectivity index (χ0) is 20.1. The first kappa shape index (κ1) is 19.0. The Morgan fingerprint density at radius 1 is 1.07 bits per heavy atom. The average molecular weight is 382 g/mol. The third kappa shape index (κ3) is 3.96. The topological polar surface area (TPSA) is 99.9 Å². The summed E-state index contributed by atoms with van der Waals surface area (Å²) in [7, 11) is 4.15. The van der Waals surface area contributed by atoms with Gasteiger partial charge in [0.25, 0.3) is 0 Å². The van der Waals surface area contributed by atoms with Gasteiger partial charge in [0.2, 0.25) is 11.8 Å². The van der Waals surface area contributed by atoms with E-state index in [9.17, 15) is 9.59 Å². The molecule has 8 nitrogen and oxygen atoms in total. The third-order valence-electron chi connectivity index (χ3n) is 3.87. The monoisotopic (exact) mass is 382 g/mol. The number of nitrogens with one attached hydrogen (secondary N) is 1. The number of hydrogen-bond donors (Lipinski definition) is 1. The molecule has 0 saturated heterocycles. The van der Waals surface area contributed by atoms with Gasteiger partial charge in [-0.25, -0.2) is 9.78 Å². The maximum atomic E-state index is 12.3. The minimum atomic E-state index is -0.626. The van der Waals surface area contributed by atoms with Gasteiger partial charge in [-0.2, -0.15) is 0 Å². The second-order valence-corrected chi connectivity index (χ2v) is 5.59. The van der Waals surface area contributed by atoms with Gasteiger partial charge in [0.1, 0.15) is 5.52 Å². The Morgan fingerprint density at radius 3 is 2.46 bits per heavy atom. The van der Waals surface area contributed by atoms with Gasteiger partial charge >= 0.3 is 5.97 Å². The van der Waals surface area contributed by atoms with E-state index in [0.717, 1.165) is 0 Å². The lowest BCUT2D eigenvalue weighted by atomic mass is 10.1. The third-order valence-corrected chi connectivity index (χ3v) is 3.87. The number of benzene rings is 2. The number of esters is 1. The Hall–Kier alpha value is -3.81. The number of carbonyl (C=O) groups is 2. The molecule has 0 spiro atoms. The van der Waals surface area contributed by atoms with Crippen LogP contribution in [0.5, 0.6) is 11.5 Å². The Morgan fingerprint density at radius 2 is 1.79 bits per heavy atom. The van der Waals surface area contributed by atoms with Crippen LogP contribution < -0.4 is 14.8 Å². The molecule has 0 atom stereocenters. The number of oxazole rings is 1. The molecular formula is C20H18N2O6. The van der Waals surface area contributed by atoms with Crippen molar-refractivity contribution in [2.75, 3.05) is 26.6 Å². The minimum Gasteiger partial charge on any atom is -0.493 e. The van der Waals surface area contributed by atoms with Crippen molar-refractivity contribution in [1.82, 2.24) is 4.98 Å². The van der Waals surface area contributed by atoms with Gasteiger partial charge in [-0.3, -0.25) is 4.79 Å². The van der Waals surface area contributed by atoms with Crippen molar-refractivity contribution in [2.45, 2.75) is 0 Å². The molecule has 0 aliphatic heterocycles. The number of hydrogen-bond acceptors (Lipinski definition) is 7. The predicted molar refractivity (Wildman–Crippen MR) is 103 cm³/mol. The maximum Gasteiger partial charge on any atom is 0.340 e. The van der Waals surface area contributed by atoms with Crippen molar-refractivity contribution in [2.24, 2.45) is 0 Å². The molecule has 0 aliphatic rings. The van der Waals surface area contributed by atoms with Crippen LogP contribution in [0.1, 0.15) is 16.2 Å². The number of para-hydroxylation sites is 2. The molecule has 28 heavy (non-hydrogen) atoms. The van der Waals surface area contributed by atoms with E-state index < -0.39 is 11.9 Å². The molecule has 0 fully saturated rings. The van der Waals surface area contributed by atoms with Crippen molar-refractivity contribution in [3.8, 4) is 11.5 Å². The lowest BCUT2D eigenvalue weighted by molar-refractivity contribution is -0.111. The number of methoxy groups -OCH3 is 3. The van der Waals surface area contributed by atoms with E-state index in [0.29, 0.717) is 22.6 Å². The quantitative estimate of drug-likeness (QED) is 0.516. The summed E-state index contributed by atoms with van der Waals surface area (Å²) in [5.74, 6) is -0.132. The standard InChI is InChI=1S/C20H18N2O6/c1-25-16-10-12(20(24)27-3)14(11-17(16)26-2)21-18(23)8-9-19-22-13-6-4-5-7-15(13)28-19/h4-11H,1-3H3,(H,21,23). The molecule has 0 unspecified atom stereocenters. The van der Waals surface area contributed by atoms with Gasteiger partial charge in [0.15, 0.2) is 17.1 Å². The Labute approximate surface area is 160 Å². The molecule has 1 heterocycles. The van der Waals surface area contributed by atoms with Crippen LogP contribution in [0.15, 0.2) is 46.9 Å². The van der Waals surface area contributed by atoms with E-state index in [2.05, 4.69) is 10.3 Å². The molecule has 1 aromatic heterocycles. The zero-order valence-electron chi connectivity index (χ0n) is 15.5. The highest BCUT2D eigenvalue weighted by molar-refractivity contribution is 6.06. The highest BCUT2D eigenvalue weighted by Gasteiger charge is 2.18. The second-order valence-electron chi connectivity index (χ2n) is 5.59. The maximum absolute atomic E-state index is 12.3. The van der Waals surface area contributed by atoms with E-state index in [1.165, 1.54) is 45.6 Å².